The fraction of sp³-hybridized carbons (Fsp3) is 0.545. The second-order valence-corrected chi connectivity index (χ2v) is 9.00. The number of benzene rings is 1. The predicted molar refractivity (Wildman–Crippen MR) is 122 cm³/mol. The number of methoxy groups -OCH3 is 1. The molecular formula is C22H29ClN4O2S. The predicted octanol–water partition coefficient (Wildman–Crippen LogP) is 4.71. The first kappa shape index (κ1) is 21.7. The van der Waals surface area contributed by atoms with E-state index in [0.29, 0.717) is 5.92 Å². The van der Waals surface area contributed by atoms with Crippen molar-refractivity contribution in [2.45, 2.75) is 32.9 Å². The van der Waals surface area contributed by atoms with Gasteiger partial charge in [-0.05, 0) is 42.9 Å². The second kappa shape index (κ2) is 10.2. The quantitative estimate of drug-likeness (QED) is 0.474. The molecule has 1 aliphatic rings. The zero-order valence-corrected chi connectivity index (χ0v) is 19.2. The Morgan fingerprint density at radius 2 is 2.17 bits per heavy atom. The normalized spacial score (nSPS) is 15.5. The summed E-state index contributed by atoms with van der Waals surface area (Å²) in [4.78, 5) is 7.18. The van der Waals surface area contributed by atoms with Gasteiger partial charge in [0.05, 0.1) is 23.7 Å². The zero-order valence-electron chi connectivity index (χ0n) is 17.6. The Balaban J connectivity index is 1.61. The van der Waals surface area contributed by atoms with Crippen molar-refractivity contribution in [3.63, 3.8) is 0 Å². The lowest BCUT2D eigenvalue weighted by molar-refractivity contribution is 0.0616. The van der Waals surface area contributed by atoms with E-state index in [4.69, 9.17) is 30.4 Å². The van der Waals surface area contributed by atoms with Crippen LogP contribution in [0.2, 0.25) is 5.02 Å². The minimum atomic E-state index is 0.608. The molecule has 6 nitrogen and oxygen atoms in total. The lowest BCUT2D eigenvalue weighted by Gasteiger charge is -2.23. The van der Waals surface area contributed by atoms with E-state index >= 15 is 0 Å². The number of rotatable bonds is 9. The maximum Gasteiger partial charge on any atom is 0.175 e. The van der Waals surface area contributed by atoms with Gasteiger partial charge in [-0.3, -0.25) is 4.90 Å². The maximum atomic E-state index is 6.62. The largest absolute Gasteiger partial charge is 0.383 e. The van der Waals surface area contributed by atoms with Crippen LogP contribution in [0, 0.1) is 5.92 Å². The van der Waals surface area contributed by atoms with Crippen molar-refractivity contribution in [1.82, 2.24) is 18.8 Å². The Labute approximate surface area is 186 Å². The summed E-state index contributed by atoms with van der Waals surface area (Å²) in [6.07, 6.45) is 4.36. The number of halogens is 1. The number of fused-ring (bicyclic) bond motifs is 1. The van der Waals surface area contributed by atoms with Crippen molar-refractivity contribution in [3.8, 4) is 11.4 Å². The first-order chi connectivity index (χ1) is 14.7. The third-order valence-electron chi connectivity index (χ3n) is 5.77. The first-order valence-electron chi connectivity index (χ1n) is 10.6. The highest BCUT2D eigenvalue weighted by Crippen LogP contribution is 2.35. The van der Waals surface area contributed by atoms with Crippen LogP contribution in [0.3, 0.4) is 0 Å². The Kier molecular flexibility index (Phi) is 7.38. The molecule has 0 bridgehead atoms. The summed E-state index contributed by atoms with van der Waals surface area (Å²) in [6.45, 7) is 8.15. The maximum absolute atomic E-state index is 6.62. The molecule has 0 spiro atoms. The molecule has 0 unspecified atom stereocenters. The van der Waals surface area contributed by atoms with Gasteiger partial charge in [-0.1, -0.05) is 30.7 Å². The average Bonchev–Trinajstić information content (AvgIpc) is 3.37. The Hall–Kier alpha value is -1.51. The van der Waals surface area contributed by atoms with E-state index in [1.807, 2.05) is 12.1 Å². The number of likely N-dealkylation sites (N-methyl/N-ethyl adjacent to an activating group) is 1. The molecule has 162 valence electrons. The van der Waals surface area contributed by atoms with E-state index in [1.54, 1.807) is 7.11 Å². The summed E-state index contributed by atoms with van der Waals surface area (Å²) in [5, 5.41) is 2.92. The molecule has 1 fully saturated rings. The summed E-state index contributed by atoms with van der Waals surface area (Å²) in [7, 11) is 1.73. The molecule has 0 aliphatic carbocycles. The Bertz CT molecular complexity index is 967. The van der Waals surface area contributed by atoms with Gasteiger partial charge in [0.1, 0.15) is 5.01 Å². The van der Waals surface area contributed by atoms with E-state index < -0.39 is 0 Å². The lowest BCUT2D eigenvalue weighted by atomic mass is 10.0. The average molecular weight is 449 g/mol. The Morgan fingerprint density at radius 3 is 2.93 bits per heavy atom. The van der Waals surface area contributed by atoms with Crippen molar-refractivity contribution >= 4 is 34.0 Å². The molecule has 4 rings (SSSR count). The zero-order chi connectivity index (χ0) is 20.9. The SMILES string of the molecule is CCN(CCOC)Cc1nc(-c2cn(CC3CCOCC3)c3c(Cl)cccc23)ns1. The molecule has 0 N–H and O–H groups in total. The van der Waals surface area contributed by atoms with Crippen LogP contribution in [0.15, 0.2) is 24.4 Å². The highest BCUT2D eigenvalue weighted by Gasteiger charge is 2.20. The van der Waals surface area contributed by atoms with E-state index in [-0.39, 0.29) is 0 Å². The monoisotopic (exact) mass is 448 g/mol. The van der Waals surface area contributed by atoms with Gasteiger partial charge in [-0.15, -0.1) is 0 Å². The van der Waals surface area contributed by atoms with Crippen LogP contribution >= 0.6 is 23.1 Å². The van der Waals surface area contributed by atoms with E-state index in [9.17, 15) is 0 Å². The van der Waals surface area contributed by atoms with Gasteiger partial charge in [0.2, 0.25) is 0 Å². The number of ether oxygens (including phenoxy) is 2. The van der Waals surface area contributed by atoms with Gasteiger partial charge in [-0.25, -0.2) is 4.98 Å². The van der Waals surface area contributed by atoms with Gasteiger partial charge in [0.25, 0.3) is 0 Å². The van der Waals surface area contributed by atoms with Crippen molar-refractivity contribution in [2.75, 3.05) is 40.0 Å². The van der Waals surface area contributed by atoms with Crippen LogP contribution in [0.25, 0.3) is 22.3 Å². The molecule has 1 saturated heterocycles. The minimum Gasteiger partial charge on any atom is -0.383 e. The van der Waals surface area contributed by atoms with Crippen LogP contribution in [0.5, 0.6) is 0 Å². The summed E-state index contributed by atoms with van der Waals surface area (Å²) in [6, 6.07) is 6.08. The molecule has 3 aromatic rings. The number of hydrogen-bond acceptors (Lipinski definition) is 6. The van der Waals surface area contributed by atoms with Crippen molar-refractivity contribution in [1.29, 1.82) is 0 Å². The van der Waals surface area contributed by atoms with Gasteiger partial charge in [-0.2, -0.15) is 4.37 Å². The van der Waals surface area contributed by atoms with E-state index in [2.05, 4.69) is 28.7 Å². The summed E-state index contributed by atoms with van der Waals surface area (Å²) in [5.74, 6) is 1.40. The van der Waals surface area contributed by atoms with Crippen molar-refractivity contribution < 1.29 is 9.47 Å². The molecule has 0 saturated carbocycles. The Morgan fingerprint density at radius 1 is 1.33 bits per heavy atom. The van der Waals surface area contributed by atoms with Gasteiger partial charge in [0.15, 0.2) is 5.82 Å². The van der Waals surface area contributed by atoms with E-state index in [0.717, 1.165) is 91.2 Å². The molecule has 0 atom stereocenters. The second-order valence-electron chi connectivity index (χ2n) is 7.76. The smallest absolute Gasteiger partial charge is 0.175 e. The van der Waals surface area contributed by atoms with Crippen LogP contribution in [0.1, 0.15) is 24.8 Å². The van der Waals surface area contributed by atoms with Crippen LogP contribution in [0.4, 0.5) is 0 Å². The molecule has 3 heterocycles. The molecule has 30 heavy (non-hydrogen) atoms. The summed E-state index contributed by atoms with van der Waals surface area (Å²) < 4.78 is 17.7. The standard InChI is InChI=1S/C22H29ClN4O2S/c1-3-26(9-12-28-2)15-20-24-22(25-30-20)18-14-27(13-16-7-10-29-11-8-16)21-17(18)5-4-6-19(21)23/h4-6,14,16H,3,7-13,15H2,1-2H3. The van der Waals surface area contributed by atoms with Crippen molar-refractivity contribution in [3.05, 3.63) is 34.4 Å². The number of hydrogen-bond donors (Lipinski definition) is 0. The fourth-order valence-electron chi connectivity index (χ4n) is 4.03. The van der Waals surface area contributed by atoms with Crippen molar-refractivity contribution in [2.24, 2.45) is 5.92 Å². The highest BCUT2D eigenvalue weighted by molar-refractivity contribution is 7.05. The molecule has 1 aliphatic heterocycles. The molecule has 2 aromatic heterocycles. The fourth-order valence-corrected chi connectivity index (χ4v) is 5.01. The molecule has 1 aromatic carbocycles. The van der Waals surface area contributed by atoms with Crippen LogP contribution < -0.4 is 0 Å². The topological polar surface area (TPSA) is 52.4 Å². The number of aromatic nitrogens is 3. The summed E-state index contributed by atoms with van der Waals surface area (Å²) >= 11 is 8.10. The van der Waals surface area contributed by atoms with Crippen LogP contribution in [-0.2, 0) is 22.6 Å². The molecule has 8 heteroatoms. The molecule has 0 amide bonds. The molecular weight excluding hydrogens is 420 g/mol. The van der Waals surface area contributed by atoms with Gasteiger partial charge >= 0.3 is 0 Å². The van der Waals surface area contributed by atoms with Gasteiger partial charge < -0.3 is 14.0 Å². The third-order valence-corrected chi connectivity index (χ3v) is 6.77. The highest BCUT2D eigenvalue weighted by atomic mass is 35.5. The van der Waals surface area contributed by atoms with E-state index in [1.165, 1.54) is 11.5 Å². The number of para-hydroxylation sites is 1. The summed E-state index contributed by atoms with van der Waals surface area (Å²) in [5.41, 5.74) is 2.13. The minimum absolute atomic E-state index is 0.608. The van der Waals surface area contributed by atoms with Crippen LogP contribution in [-0.4, -0.2) is 58.8 Å². The third kappa shape index (κ3) is 4.86. The molecule has 0 radical (unpaired) electrons. The van der Waals surface area contributed by atoms with Gasteiger partial charge in [0, 0.05) is 50.6 Å². The first-order valence-corrected chi connectivity index (χ1v) is 11.7. The lowest BCUT2D eigenvalue weighted by Crippen LogP contribution is -2.26. The number of nitrogens with zero attached hydrogens (tertiary/aromatic N) is 4.